The molecule has 10 heteroatoms. The zero-order valence-electron chi connectivity index (χ0n) is 14.9. The van der Waals surface area contributed by atoms with Gasteiger partial charge in [-0.3, -0.25) is 4.68 Å². The Morgan fingerprint density at radius 1 is 1.14 bits per heavy atom. The molecule has 6 nitrogen and oxygen atoms in total. The molecule has 0 radical (unpaired) electrons. The SMILES string of the molecule is Cn1cc(-c2nn(-c3ccc(SC(F)(F)F)cc3)c3ccc(C(=O)O)cc23)cn1. The smallest absolute Gasteiger partial charge is 0.446 e. The number of aryl methyl sites for hydroxylation is 1. The van der Waals surface area contributed by atoms with Crippen molar-refractivity contribution in [1.82, 2.24) is 19.6 Å². The van der Waals surface area contributed by atoms with Gasteiger partial charge in [0.1, 0.15) is 5.69 Å². The van der Waals surface area contributed by atoms with Gasteiger partial charge in [-0.2, -0.15) is 23.4 Å². The fraction of sp³-hybridized carbons (Fsp3) is 0.105. The molecule has 4 aromatic rings. The highest BCUT2D eigenvalue weighted by Crippen LogP contribution is 2.37. The first kappa shape index (κ1) is 19.1. The molecule has 1 N–H and O–H groups in total. The van der Waals surface area contributed by atoms with E-state index in [2.05, 4.69) is 10.2 Å². The highest BCUT2D eigenvalue weighted by molar-refractivity contribution is 8.00. The van der Waals surface area contributed by atoms with E-state index >= 15 is 0 Å². The predicted molar refractivity (Wildman–Crippen MR) is 102 cm³/mol. The number of alkyl halides is 3. The molecule has 0 atom stereocenters. The molecule has 0 aliphatic heterocycles. The van der Waals surface area contributed by atoms with E-state index < -0.39 is 11.5 Å². The van der Waals surface area contributed by atoms with Gasteiger partial charge in [-0.1, -0.05) is 0 Å². The van der Waals surface area contributed by atoms with Crippen LogP contribution in [0.5, 0.6) is 0 Å². The number of rotatable bonds is 4. The number of aromatic nitrogens is 4. The van der Waals surface area contributed by atoms with Crippen LogP contribution in [0.25, 0.3) is 27.8 Å². The first-order chi connectivity index (χ1) is 13.7. The van der Waals surface area contributed by atoms with Crippen molar-refractivity contribution in [3.63, 3.8) is 0 Å². The Kier molecular flexibility index (Phi) is 4.58. The molecule has 2 aromatic heterocycles. The molecule has 0 unspecified atom stereocenters. The molecule has 0 aliphatic carbocycles. The van der Waals surface area contributed by atoms with E-state index in [1.54, 1.807) is 47.0 Å². The Bertz CT molecular complexity index is 1210. The third-order valence-electron chi connectivity index (χ3n) is 4.22. The second-order valence-corrected chi connectivity index (χ2v) is 7.38. The molecule has 0 bridgehead atoms. The number of carboxylic acids is 1. The minimum Gasteiger partial charge on any atom is -0.478 e. The van der Waals surface area contributed by atoms with Crippen LogP contribution in [0.1, 0.15) is 10.4 Å². The number of fused-ring (bicyclic) bond motifs is 1. The summed E-state index contributed by atoms with van der Waals surface area (Å²) in [5.41, 5.74) is -1.84. The molecule has 0 spiro atoms. The molecular weight excluding hydrogens is 405 g/mol. The lowest BCUT2D eigenvalue weighted by Gasteiger charge is -2.07. The third-order valence-corrected chi connectivity index (χ3v) is 4.96. The second-order valence-electron chi connectivity index (χ2n) is 6.24. The van der Waals surface area contributed by atoms with Crippen LogP contribution < -0.4 is 0 Å². The van der Waals surface area contributed by atoms with Gasteiger partial charge in [0.05, 0.1) is 23.0 Å². The number of nitrogens with zero attached hydrogens (tertiary/aromatic N) is 4. The molecular formula is C19H13F3N4O2S. The number of benzene rings is 2. The van der Waals surface area contributed by atoms with Gasteiger partial charge in [0.25, 0.3) is 0 Å². The van der Waals surface area contributed by atoms with Crippen molar-refractivity contribution < 1.29 is 23.1 Å². The van der Waals surface area contributed by atoms with Gasteiger partial charge in [0.15, 0.2) is 0 Å². The Labute approximate surface area is 166 Å². The van der Waals surface area contributed by atoms with Crippen LogP contribution in [0.15, 0.2) is 59.8 Å². The van der Waals surface area contributed by atoms with Gasteiger partial charge < -0.3 is 5.11 Å². The Balaban J connectivity index is 1.85. The summed E-state index contributed by atoms with van der Waals surface area (Å²) in [5, 5.41) is 18.6. The third kappa shape index (κ3) is 3.83. The van der Waals surface area contributed by atoms with Crippen molar-refractivity contribution >= 4 is 28.6 Å². The number of aromatic carboxylic acids is 1. The lowest BCUT2D eigenvalue weighted by atomic mass is 10.1. The molecule has 0 fully saturated rings. The fourth-order valence-corrected chi connectivity index (χ4v) is 3.53. The molecule has 148 valence electrons. The molecule has 4 rings (SSSR count). The normalized spacial score (nSPS) is 11.9. The first-order valence-electron chi connectivity index (χ1n) is 8.32. The summed E-state index contributed by atoms with van der Waals surface area (Å²) in [5.74, 6) is -1.06. The zero-order chi connectivity index (χ0) is 20.8. The molecule has 2 aromatic carbocycles. The summed E-state index contributed by atoms with van der Waals surface area (Å²) < 4.78 is 40.9. The summed E-state index contributed by atoms with van der Waals surface area (Å²) in [4.78, 5) is 11.5. The highest BCUT2D eigenvalue weighted by atomic mass is 32.2. The highest BCUT2D eigenvalue weighted by Gasteiger charge is 2.29. The largest absolute Gasteiger partial charge is 0.478 e. The summed E-state index contributed by atoms with van der Waals surface area (Å²) in [6.07, 6.45) is 3.37. The fourth-order valence-electron chi connectivity index (χ4n) is 2.99. The van der Waals surface area contributed by atoms with Crippen molar-refractivity contribution in [2.24, 2.45) is 7.05 Å². The van der Waals surface area contributed by atoms with Gasteiger partial charge in [-0.15, -0.1) is 0 Å². The number of halogens is 3. The topological polar surface area (TPSA) is 72.9 Å². The van der Waals surface area contributed by atoms with E-state index in [0.717, 1.165) is 0 Å². The van der Waals surface area contributed by atoms with Crippen molar-refractivity contribution in [3.8, 4) is 16.9 Å². The van der Waals surface area contributed by atoms with Crippen molar-refractivity contribution in [3.05, 3.63) is 60.4 Å². The standard InChI is InChI=1S/C19H13F3N4O2S/c1-25-10-12(9-23-25)17-15-8-11(18(27)28)2-7-16(15)26(24-17)13-3-5-14(6-4-13)29-19(20,21)22/h2-10H,1H3,(H,27,28). The number of thioether (sulfide) groups is 1. The summed E-state index contributed by atoms with van der Waals surface area (Å²) in [6.45, 7) is 0. The van der Waals surface area contributed by atoms with Crippen molar-refractivity contribution in [2.75, 3.05) is 0 Å². The molecule has 2 heterocycles. The maximum Gasteiger partial charge on any atom is 0.446 e. The molecule has 29 heavy (non-hydrogen) atoms. The van der Waals surface area contributed by atoms with E-state index in [1.807, 2.05) is 0 Å². The van der Waals surface area contributed by atoms with Gasteiger partial charge in [-0.05, 0) is 54.2 Å². The van der Waals surface area contributed by atoms with Gasteiger partial charge in [-0.25, -0.2) is 9.48 Å². The number of hydrogen-bond donors (Lipinski definition) is 1. The maximum absolute atomic E-state index is 12.6. The number of carbonyl (C=O) groups is 1. The van der Waals surface area contributed by atoms with Crippen LogP contribution in [0.3, 0.4) is 0 Å². The molecule has 0 aliphatic rings. The minimum atomic E-state index is -4.36. The second kappa shape index (κ2) is 6.96. The minimum absolute atomic E-state index is 0.0679. The number of hydrogen-bond acceptors (Lipinski definition) is 4. The van der Waals surface area contributed by atoms with Crippen LogP contribution >= 0.6 is 11.8 Å². The van der Waals surface area contributed by atoms with Crippen LogP contribution in [0.4, 0.5) is 13.2 Å². The Morgan fingerprint density at radius 3 is 2.45 bits per heavy atom. The molecule has 0 amide bonds. The van der Waals surface area contributed by atoms with Crippen molar-refractivity contribution in [1.29, 1.82) is 0 Å². The van der Waals surface area contributed by atoms with E-state index in [1.165, 1.54) is 24.3 Å². The van der Waals surface area contributed by atoms with Crippen LogP contribution in [-0.2, 0) is 7.05 Å². The van der Waals surface area contributed by atoms with Gasteiger partial charge in [0, 0.05) is 29.1 Å². The van der Waals surface area contributed by atoms with Crippen LogP contribution in [-0.4, -0.2) is 36.1 Å². The first-order valence-corrected chi connectivity index (χ1v) is 9.14. The predicted octanol–water partition coefficient (Wildman–Crippen LogP) is 4.74. The molecule has 0 saturated carbocycles. The van der Waals surface area contributed by atoms with E-state index in [0.29, 0.717) is 27.8 Å². The Morgan fingerprint density at radius 2 is 1.86 bits per heavy atom. The van der Waals surface area contributed by atoms with E-state index in [9.17, 15) is 23.1 Å². The van der Waals surface area contributed by atoms with Gasteiger partial charge >= 0.3 is 11.5 Å². The lowest BCUT2D eigenvalue weighted by Crippen LogP contribution is -2.00. The maximum atomic E-state index is 12.6. The quantitative estimate of drug-likeness (QED) is 0.485. The van der Waals surface area contributed by atoms with Gasteiger partial charge in [0.2, 0.25) is 0 Å². The average molecular weight is 418 g/mol. The van der Waals surface area contributed by atoms with Crippen LogP contribution in [0, 0.1) is 0 Å². The monoisotopic (exact) mass is 418 g/mol. The summed E-state index contributed by atoms with van der Waals surface area (Å²) >= 11 is -0.188. The van der Waals surface area contributed by atoms with E-state index in [4.69, 9.17) is 0 Å². The zero-order valence-corrected chi connectivity index (χ0v) is 15.7. The lowest BCUT2D eigenvalue weighted by molar-refractivity contribution is -0.0328. The average Bonchev–Trinajstić information content (AvgIpc) is 3.24. The molecule has 0 saturated heterocycles. The number of carboxylic acid groups (broad SMARTS) is 1. The summed E-state index contributed by atoms with van der Waals surface area (Å²) in [6, 6.07) is 10.4. The van der Waals surface area contributed by atoms with Crippen molar-refractivity contribution in [2.45, 2.75) is 10.4 Å². The Hall–Kier alpha value is -3.27. The summed E-state index contributed by atoms with van der Waals surface area (Å²) in [7, 11) is 1.75. The van der Waals surface area contributed by atoms with Crippen LogP contribution in [0.2, 0.25) is 0 Å². The van der Waals surface area contributed by atoms with E-state index in [-0.39, 0.29) is 22.2 Å².